The number of nitrogens with zero attached hydrogens (tertiary/aromatic N) is 6. The molecule has 0 unspecified atom stereocenters. The van der Waals surface area contributed by atoms with Gasteiger partial charge in [-0.25, -0.2) is 26.2 Å². The zero-order chi connectivity index (χ0) is 42.1. The number of phenolic OH excluding ortho intramolecular Hbond substituents is 1. The van der Waals surface area contributed by atoms with Gasteiger partial charge in [0.05, 0.1) is 42.5 Å². The Bertz CT molecular complexity index is 2600. The minimum Gasteiger partial charge on any atom is -0.506 e. The maximum atomic E-state index is 13.2. The topological polar surface area (TPSA) is 178 Å². The zero-order valence-corrected chi connectivity index (χ0v) is 35.5. The number of hydrogen-bond donors (Lipinski definition) is 1. The molecule has 0 radical (unpaired) electrons. The fraction of sp³-hybridized carbons (Fsp3) is 0.333. The van der Waals surface area contributed by atoms with E-state index < -0.39 is 19.7 Å². The SMILES string of the molecule is C.COc1ccc(O)c(-n2nnc(S(=O)(=O)c3ccc(C(C)(C)C)cc3)c2C)c1.COc1ccc(OC)c(-n2nnc(S(=O)(=O)c3ccc(C(C)(C)C)cc3)c2C)c1. The average molecular weight is 833 g/mol. The van der Waals surface area contributed by atoms with Gasteiger partial charge in [0, 0.05) is 12.1 Å². The molecule has 0 fully saturated rings. The minimum absolute atomic E-state index is 0. The molecule has 4 aromatic carbocycles. The van der Waals surface area contributed by atoms with Crippen molar-refractivity contribution in [3.8, 4) is 34.4 Å². The molecule has 310 valence electrons. The van der Waals surface area contributed by atoms with Crippen LogP contribution in [0.3, 0.4) is 0 Å². The summed E-state index contributed by atoms with van der Waals surface area (Å²) in [7, 11) is -3.09. The molecule has 0 saturated heterocycles. The molecule has 2 heterocycles. The van der Waals surface area contributed by atoms with Crippen molar-refractivity contribution in [3.05, 3.63) is 107 Å². The molecule has 0 atom stereocenters. The Labute approximate surface area is 341 Å². The quantitative estimate of drug-likeness (QED) is 0.150. The second kappa shape index (κ2) is 17.0. The predicted molar refractivity (Wildman–Crippen MR) is 221 cm³/mol. The van der Waals surface area contributed by atoms with Crippen molar-refractivity contribution in [2.45, 2.75) is 93.5 Å². The number of aromatic nitrogens is 6. The molecule has 0 saturated carbocycles. The van der Waals surface area contributed by atoms with Gasteiger partial charge in [0.25, 0.3) is 0 Å². The normalized spacial score (nSPS) is 11.9. The van der Waals surface area contributed by atoms with Gasteiger partial charge < -0.3 is 19.3 Å². The second-order valence-corrected chi connectivity index (χ2v) is 19.0. The highest BCUT2D eigenvalue weighted by Crippen LogP contribution is 2.33. The summed E-state index contributed by atoms with van der Waals surface area (Å²) in [5.74, 6) is 1.56. The molecule has 14 nitrogen and oxygen atoms in total. The van der Waals surface area contributed by atoms with E-state index in [0.717, 1.165) is 11.1 Å². The van der Waals surface area contributed by atoms with Crippen LogP contribution in [-0.2, 0) is 30.5 Å². The Morgan fingerprint density at radius 3 is 1.31 bits per heavy atom. The molecular weight excluding hydrogens is 781 g/mol. The van der Waals surface area contributed by atoms with Crippen molar-refractivity contribution in [2.24, 2.45) is 0 Å². The van der Waals surface area contributed by atoms with Gasteiger partial charge in [0.15, 0.2) is 0 Å². The molecule has 0 amide bonds. The lowest BCUT2D eigenvalue weighted by molar-refractivity contribution is 0.400. The summed E-state index contributed by atoms with van der Waals surface area (Å²) < 4.78 is 71.0. The highest BCUT2D eigenvalue weighted by Gasteiger charge is 2.29. The number of sulfone groups is 2. The van der Waals surface area contributed by atoms with Crippen LogP contribution in [0.4, 0.5) is 0 Å². The van der Waals surface area contributed by atoms with Gasteiger partial charge in [0.1, 0.15) is 34.4 Å². The Balaban J connectivity index is 0.000000252. The predicted octanol–water partition coefficient (Wildman–Crippen LogP) is 7.78. The molecule has 2 aromatic heterocycles. The summed E-state index contributed by atoms with van der Waals surface area (Å²) >= 11 is 0. The van der Waals surface area contributed by atoms with Crippen LogP contribution in [0.15, 0.2) is 105 Å². The summed E-state index contributed by atoms with van der Waals surface area (Å²) in [6.45, 7) is 15.7. The van der Waals surface area contributed by atoms with Crippen molar-refractivity contribution >= 4 is 19.7 Å². The highest BCUT2D eigenvalue weighted by molar-refractivity contribution is 7.91. The number of hydrogen-bond acceptors (Lipinski definition) is 12. The number of aromatic hydroxyl groups is 1. The molecular formula is C42H52N6O8S2. The van der Waals surface area contributed by atoms with E-state index in [1.165, 1.54) is 29.6 Å². The van der Waals surface area contributed by atoms with Gasteiger partial charge >= 0.3 is 0 Å². The van der Waals surface area contributed by atoms with E-state index >= 15 is 0 Å². The third kappa shape index (κ3) is 9.02. The monoisotopic (exact) mass is 832 g/mol. The van der Waals surface area contributed by atoms with Crippen LogP contribution in [0.1, 0.15) is 71.5 Å². The van der Waals surface area contributed by atoms with E-state index in [4.69, 9.17) is 14.2 Å². The molecule has 16 heteroatoms. The molecule has 0 bridgehead atoms. The van der Waals surface area contributed by atoms with Crippen molar-refractivity contribution in [3.63, 3.8) is 0 Å². The molecule has 58 heavy (non-hydrogen) atoms. The number of methoxy groups -OCH3 is 3. The van der Waals surface area contributed by atoms with E-state index in [1.54, 1.807) is 87.7 Å². The summed E-state index contributed by atoms with van der Waals surface area (Å²) in [4.78, 5) is 0.323. The number of benzene rings is 4. The van der Waals surface area contributed by atoms with Crippen LogP contribution in [0.25, 0.3) is 11.4 Å². The van der Waals surface area contributed by atoms with Crippen molar-refractivity contribution in [2.75, 3.05) is 21.3 Å². The lowest BCUT2D eigenvalue weighted by Crippen LogP contribution is -2.12. The number of phenols is 1. The molecule has 0 aliphatic rings. The van der Waals surface area contributed by atoms with E-state index in [9.17, 15) is 21.9 Å². The highest BCUT2D eigenvalue weighted by atomic mass is 32.2. The van der Waals surface area contributed by atoms with Crippen molar-refractivity contribution in [1.82, 2.24) is 30.0 Å². The van der Waals surface area contributed by atoms with Crippen LogP contribution < -0.4 is 14.2 Å². The first-order chi connectivity index (χ1) is 26.6. The van der Waals surface area contributed by atoms with Crippen LogP contribution >= 0.6 is 0 Å². The maximum Gasteiger partial charge on any atom is 0.227 e. The van der Waals surface area contributed by atoms with Crippen LogP contribution in [-0.4, -0.2) is 73.3 Å². The van der Waals surface area contributed by atoms with E-state index in [0.29, 0.717) is 34.3 Å². The van der Waals surface area contributed by atoms with E-state index in [2.05, 4.69) is 62.2 Å². The number of rotatable bonds is 9. The minimum atomic E-state index is -3.85. The molecule has 6 rings (SSSR count). The molecule has 0 aliphatic carbocycles. The average Bonchev–Trinajstić information content (AvgIpc) is 3.77. The first kappa shape index (κ1) is 45.0. The smallest absolute Gasteiger partial charge is 0.227 e. The van der Waals surface area contributed by atoms with E-state index in [1.807, 2.05) is 12.1 Å². The Morgan fingerprint density at radius 2 is 0.931 bits per heavy atom. The van der Waals surface area contributed by atoms with Gasteiger partial charge in [-0.05, 0) is 84.3 Å². The zero-order valence-electron chi connectivity index (χ0n) is 33.9. The first-order valence-electron chi connectivity index (χ1n) is 17.8. The molecule has 0 spiro atoms. The molecule has 1 N–H and O–H groups in total. The number of ether oxygens (including phenoxy) is 3. The van der Waals surface area contributed by atoms with Gasteiger partial charge in [0.2, 0.25) is 29.7 Å². The summed E-state index contributed by atoms with van der Waals surface area (Å²) in [5.41, 5.74) is 3.46. The van der Waals surface area contributed by atoms with Crippen LogP contribution in [0, 0.1) is 13.8 Å². The van der Waals surface area contributed by atoms with E-state index in [-0.39, 0.29) is 49.5 Å². The molecule has 0 aliphatic heterocycles. The van der Waals surface area contributed by atoms with Gasteiger partial charge in [-0.3, -0.25) is 0 Å². The third-order valence-electron chi connectivity index (χ3n) is 9.30. The summed E-state index contributed by atoms with van der Waals surface area (Å²) in [6, 6.07) is 23.5. The Hall–Kier alpha value is -5.74. The first-order valence-corrected chi connectivity index (χ1v) is 20.8. The summed E-state index contributed by atoms with van der Waals surface area (Å²) in [6.07, 6.45) is 0. The maximum absolute atomic E-state index is 13.2. The Kier molecular flexibility index (Phi) is 13.2. The van der Waals surface area contributed by atoms with Gasteiger partial charge in [-0.1, -0.05) is 83.7 Å². The Morgan fingerprint density at radius 1 is 0.552 bits per heavy atom. The standard InChI is InChI=1S/C21H25N3O4S.C20H23N3O4S.CH4/c1-14-20(29(25,26)17-10-7-15(8-11-17)21(2,3)4)22-23-24(14)18-13-16(27-5)9-12-19(18)28-6;1-13-19(21-22-23(13)17-12-15(27-5)8-11-18(17)24)28(25,26)16-9-6-14(7-10-16)20(2,3)4;/h7-13H,1-6H3;6-12,24H,1-5H3;1H4. The van der Waals surface area contributed by atoms with Gasteiger partial charge in [-0.2, -0.15) is 0 Å². The van der Waals surface area contributed by atoms with Gasteiger partial charge in [-0.15, -0.1) is 10.2 Å². The van der Waals surface area contributed by atoms with Crippen molar-refractivity contribution < 1.29 is 36.2 Å². The van der Waals surface area contributed by atoms with Crippen molar-refractivity contribution in [1.29, 1.82) is 0 Å². The fourth-order valence-electron chi connectivity index (χ4n) is 5.84. The molecule has 6 aromatic rings. The van der Waals surface area contributed by atoms with Crippen LogP contribution in [0.5, 0.6) is 23.0 Å². The lowest BCUT2D eigenvalue weighted by Gasteiger charge is -2.19. The second-order valence-electron chi connectivity index (χ2n) is 15.2. The lowest BCUT2D eigenvalue weighted by atomic mass is 9.87. The summed E-state index contributed by atoms with van der Waals surface area (Å²) in [5, 5.41) is 25.8. The fourth-order valence-corrected chi connectivity index (χ4v) is 8.51. The largest absolute Gasteiger partial charge is 0.506 e. The third-order valence-corrected chi connectivity index (χ3v) is 12.9. The van der Waals surface area contributed by atoms with Crippen LogP contribution in [0.2, 0.25) is 0 Å².